The van der Waals surface area contributed by atoms with Crippen molar-refractivity contribution in [2.24, 2.45) is 5.92 Å². The molecule has 124 valence electrons. The molecule has 0 aromatic carbocycles. The van der Waals surface area contributed by atoms with E-state index in [2.05, 4.69) is 10.6 Å². The van der Waals surface area contributed by atoms with Gasteiger partial charge in [0.15, 0.2) is 0 Å². The van der Waals surface area contributed by atoms with Crippen molar-refractivity contribution in [3.8, 4) is 0 Å². The molecule has 3 unspecified atom stereocenters. The van der Waals surface area contributed by atoms with Gasteiger partial charge < -0.3 is 20.1 Å². The largest absolute Gasteiger partial charge is 0.376 e. The molecule has 0 aromatic heterocycles. The van der Waals surface area contributed by atoms with Crippen LogP contribution in [0.25, 0.3) is 0 Å². The van der Waals surface area contributed by atoms with Crippen molar-refractivity contribution in [2.75, 3.05) is 32.8 Å². The summed E-state index contributed by atoms with van der Waals surface area (Å²) in [6, 6.07) is 0. The monoisotopic (exact) mass is 320 g/mol. The summed E-state index contributed by atoms with van der Waals surface area (Å²) in [7, 11) is 0. The van der Waals surface area contributed by atoms with Gasteiger partial charge in [-0.1, -0.05) is 0 Å². The van der Waals surface area contributed by atoms with Crippen LogP contribution in [0.15, 0.2) is 0 Å². The van der Waals surface area contributed by atoms with E-state index in [0.29, 0.717) is 12.5 Å². The number of rotatable bonds is 7. The van der Waals surface area contributed by atoms with E-state index in [0.717, 1.165) is 45.5 Å². The fourth-order valence-corrected chi connectivity index (χ4v) is 2.77. The molecule has 0 aromatic rings. The van der Waals surface area contributed by atoms with Gasteiger partial charge in [-0.05, 0) is 58.0 Å². The third kappa shape index (κ3) is 6.96. The molecule has 2 fully saturated rings. The second-order valence-corrected chi connectivity index (χ2v) is 5.90. The van der Waals surface area contributed by atoms with Crippen LogP contribution < -0.4 is 10.6 Å². The van der Waals surface area contributed by atoms with Crippen molar-refractivity contribution >= 4 is 18.3 Å². The van der Waals surface area contributed by atoms with Crippen LogP contribution in [0, 0.1) is 5.92 Å². The predicted octanol–water partition coefficient (Wildman–Crippen LogP) is 1.50. The van der Waals surface area contributed by atoms with Crippen LogP contribution in [0.5, 0.6) is 0 Å². The molecule has 2 saturated heterocycles. The molecule has 6 heteroatoms. The smallest absolute Gasteiger partial charge is 0.248 e. The zero-order valence-corrected chi connectivity index (χ0v) is 13.8. The second kappa shape index (κ2) is 10.4. The maximum Gasteiger partial charge on any atom is 0.248 e. The van der Waals surface area contributed by atoms with Crippen molar-refractivity contribution < 1.29 is 14.3 Å². The first-order valence-electron chi connectivity index (χ1n) is 7.97. The highest BCUT2D eigenvalue weighted by atomic mass is 35.5. The molecular formula is C15H29ClN2O3. The molecular weight excluding hydrogens is 292 g/mol. The van der Waals surface area contributed by atoms with Crippen LogP contribution in [0.1, 0.15) is 39.0 Å². The van der Waals surface area contributed by atoms with Gasteiger partial charge in [-0.3, -0.25) is 4.79 Å². The van der Waals surface area contributed by atoms with Gasteiger partial charge in [0.2, 0.25) is 5.91 Å². The molecule has 0 spiro atoms. The van der Waals surface area contributed by atoms with E-state index in [1.165, 1.54) is 12.8 Å². The van der Waals surface area contributed by atoms with Gasteiger partial charge in [0, 0.05) is 13.2 Å². The van der Waals surface area contributed by atoms with Gasteiger partial charge in [0.05, 0.1) is 12.7 Å². The number of halogens is 1. The quantitative estimate of drug-likeness (QED) is 0.746. The fourth-order valence-electron chi connectivity index (χ4n) is 2.77. The summed E-state index contributed by atoms with van der Waals surface area (Å²) in [5.74, 6) is 0.703. The highest BCUT2D eigenvalue weighted by molar-refractivity contribution is 5.85. The Morgan fingerprint density at radius 3 is 2.95 bits per heavy atom. The first-order valence-corrected chi connectivity index (χ1v) is 7.97. The molecule has 0 aliphatic carbocycles. The number of amides is 1. The van der Waals surface area contributed by atoms with Gasteiger partial charge in [-0.2, -0.15) is 0 Å². The molecule has 5 nitrogen and oxygen atoms in total. The Bertz CT molecular complexity index is 293. The second-order valence-electron chi connectivity index (χ2n) is 5.90. The summed E-state index contributed by atoms with van der Waals surface area (Å²) in [4.78, 5) is 11.9. The molecule has 0 bridgehead atoms. The number of hydrogen-bond acceptors (Lipinski definition) is 4. The summed E-state index contributed by atoms with van der Waals surface area (Å²) in [6.07, 6.45) is 5.44. The van der Waals surface area contributed by atoms with Crippen molar-refractivity contribution in [2.45, 2.75) is 51.2 Å². The molecule has 0 radical (unpaired) electrons. The number of carbonyl (C=O) groups is 1. The summed E-state index contributed by atoms with van der Waals surface area (Å²) >= 11 is 0. The average molecular weight is 321 g/mol. The maximum absolute atomic E-state index is 11.9. The lowest BCUT2D eigenvalue weighted by Crippen LogP contribution is -2.37. The van der Waals surface area contributed by atoms with Crippen LogP contribution >= 0.6 is 12.4 Å². The standard InChI is InChI=1S/C15H28N2O3.ClH/c1-12(20-11-14-4-2-3-9-19-14)15(18)17-8-6-13-5-7-16-10-13;/h12-14,16H,2-11H2,1H3,(H,17,18);1H. The summed E-state index contributed by atoms with van der Waals surface area (Å²) in [6.45, 7) is 6.11. The molecule has 2 N–H and O–H groups in total. The Hall–Kier alpha value is -0.360. The van der Waals surface area contributed by atoms with Crippen molar-refractivity contribution in [3.05, 3.63) is 0 Å². The molecule has 3 atom stereocenters. The van der Waals surface area contributed by atoms with Gasteiger partial charge >= 0.3 is 0 Å². The minimum atomic E-state index is -0.387. The molecule has 2 aliphatic rings. The molecule has 2 heterocycles. The van der Waals surface area contributed by atoms with E-state index in [1.807, 2.05) is 6.92 Å². The lowest BCUT2D eigenvalue weighted by molar-refractivity contribution is -0.135. The van der Waals surface area contributed by atoms with Crippen LogP contribution in [0.3, 0.4) is 0 Å². The zero-order valence-electron chi connectivity index (χ0n) is 12.9. The van der Waals surface area contributed by atoms with E-state index < -0.39 is 0 Å². The topological polar surface area (TPSA) is 59.6 Å². The average Bonchev–Trinajstić information content (AvgIpc) is 2.99. The number of ether oxygens (including phenoxy) is 2. The Morgan fingerprint density at radius 2 is 2.29 bits per heavy atom. The molecule has 1 amide bonds. The lowest BCUT2D eigenvalue weighted by atomic mass is 10.1. The molecule has 2 aliphatic heterocycles. The maximum atomic E-state index is 11.9. The molecule has 21 heavy (non-hydrogen) atoms. The minimum Gasteiger partial charge on any atom is -0.376 e. The number of hydrogen-bond donors (Lipinski definition) is 2. The Labute approximate surface area is 133 Å². The van der Waals surface area contributed by atoms with E-state index >= 15 is 0 Å². The van der Waals surface area contributed by atoms with E-state index in [4.69, 9.17) is 9.47 Å². The summed E-state index contributed by atoms with van der Waals surface area (Å²) in [5.41, 5.74) is 0. The van der Waals surface area contributed by atoms with E-state index in [1.54, 1.807) is 0 Å². The van der Waals surface area contributed by atoms with Crippen molar-refractivity contribution in [1.29, 1.82) is 0 Å². The van der Waals surface area contributed by atoms with Gasteiger partial charge in [-0.25, -0.2) is 0 Å². The Balaban J connectivity index is 0.00000220. The van der Waals surface area contributed by atoms with Crippen LogP contribution in [0.4, 0.5) is 0 Å². The van der Waals surface area contributed by atoms with Gasteiger partial charge in [0.25, 0.3) is 0 Å². The van der Waals surface area contributed by atoms with Crippen LogP contribution in [0.2, 0.25) is 0 Å². The van der Waals surface area contributed by atoms with E-state index in [-0.39, 0.29) is 30.5 Å². The van der Waals surface area contributed by atoms with Crippen molar-refractivity contribution in [1.82, 2.24) is 10.6 Å². The third-order valence-electron chi connectivity index (χ3n) is 4.19. The molecule has 0 saturated carbocycles. The first-order chi connectivity index (χ1) is 9.75. The normalized spacial score (nSPS) is 26.9. The van der Waals surface area contributed by atoms with Crippen LogP contribution in [-0.2, 0) is 14.3 Å². The highest BCUT2D eigenvalue weighted by Gasteiger charge is 2.19. The zero-order chi connectivity index (χ0) is 14.2. The third-order valence-corrected chi connectivity index (χ3v) is 4.19. The number of nitrogens with one attached hydrogen (secondary N) is 2. The predicted molar refractivity (Wildman–Crippen MR) is 84.9 cm³/mol. The molecule has 2 rings (SSSR count). The number of carbonyl (C=O) groups excluding carboxylic acids is 1. The SMILES string of the molecule is CC(OCC1CCCCO1)C(=O)NCCC1CCNC1.Cl. The van der Waals surface area contributed by atoms with Crippen LogP contribution in [-0.4, -0.2) is 51.0 Å². The first kappa shape index (κ1) is 18.7. The van der Waals surface area contributed by atoms with Gasteiger partial charge in [0.1, 0.15) is 6.10 Å². The highest BCUT2D eigenvalue weighted by Crippen LogP contribution is 2.13. The van der Waals surface area contributed by atoms with E-state index in [9.17, 15) is 4.79 Å². The van der Waals surface area contributed by atoms with Gasteiger partial charge in [-0.15, -0.1) is 12.4 Å². The fraction of sp³-hybridized carbons (Fsp3) is 0.933. The summed E-state index contributed by atoms with van der Waals surface area (Å²) < 4.78 is 11.2. The minimum absolute atomic E-state index is 0. The van der Waals surface area contributed by atoms with Crippen molar-refractivity contribution in [3.63, 3.8) is 0 Å². The summed E-state index contributed by atoms with van der Waals surface area (Å²) in [5, 5.41) is 6.30. The Morgan fingerprint density at radius 1 is 1.43 bits per heavy atom. The Kier molecular flexibility index (Phi) is 9.24. The lowest BCUT2D eigenvalue weighted by Gasteiger charge is -2.24.